The molecular weight excluding hydrogens is 308 g/mol. The molecule has 0 radical (unpaired) electrons. The number of ether oxygens (including phenoxy) is 1. The van der Waals surface area contributed by atoms with E-state index in [4.69, 9.17) is 4.74 Å². The van der Waals surface area contributed by atoms with Gasteiger partial charge in [-0.3, -0.25) is 0 Å². The largest absolute Gasteiger partial charge is 0.507 e. The molecule has 140 valence electrons. The van der Waals surface area contributed by atoms with Crippen LogP contribution in [0.5, 0.6) is 11.5 Å². The lowest BCUT2D eigenvalue weighted by Crippen LogP contribution is -2.29. The molecule has 1 aliphatic heterocycles. The smallest absolute Gasteiger partial charge is 0.126 e. The summed E-state index contributed by atoms with van der Waals surface area (Å²) in [6.07, 6.45) is 11.3. The minimum absolute atomic E-state index is 0.0805. The summed E-state index contributed by atoms with van der Waals surface area (Å²) in [7, 11) is 0. The molecule has 2 heteroatoms. The first-order valence-corrected chi connectivity index (χ1v) is 10.5. The number of phenols is 1. The number of fused-ring (bicyclic) bond motifs is 3. The van der Waals surface area contributed by atoms with E-state index in [1.54, 1.807) is 0 Å². The van der Waals surface area contributed by atoms with E-state index in [1.165, 1.54) is 56.9 Å². The van der Waals surface area contributed by atoms with Crippen molar-refractivity contribution in [1.29, 1.82) is 0 Å². The Kier molecular flexibility index (Phi) is 5.65. The van der Waals surface area contributed by atoms with Crippen molar-refractivity contribution in [3.63, 3.8) is 0 Å². The summed E-state index contributed by atoms with van der Waals surface area (Å²) >= 11 is 0. The maximum Gasteiger partial charge on any atom is 0.126 e. The normalized spacial score (nSPS) is 22.9. The maximum atomic E-state index is 11.1. The number of benzene rings is 1. The van der Waals surface area contributed by atoms with E-state index in [9.17, 15) is 5.11 Å². The minimum atomic E-state index is 0.0805. The van der Waals surface area contributed by atoms with Gasteiger partial charge in [-0.2, -0.15) is 0 Å². The highest BCUT2D eigenvalue weighted by Crippen LogP contribution is 2.51. The summed E-state index contributed by atoms with van der Waals surface area (Å²) in [6, 6.07) is 2.26. The first-order chi connectivity index (χ1) is 12.0. The molecule has 0 spiro atoms. The van der Waals surface area contributed by atoms with E-state index in [2.05, 4.69) is 33.8 Å². The van der Waals surface area contributed by atoms with Crippen LogP contribution >= 0.6 is 0 Å². The van der Waals surface area contributed by atoms with Crippen molar-refractivity contribution in [2.45, 2.75) is 96.8 Å². The fraction of sp³-hybridized carbons (Fsp3) is 0.739. The second-order valence-corrected chi connectivity index (χ2v) is 8.97. The number of rotatable bonds is 6. The van der Waals surface area contributed by atoms with Gasteiger partial charge in [-0.25, -0.2) is 0 Å². The Morgan fingerprint density at radius 2 is 1.92 bits per heavy atom. The van der Waals surface area contributed by atoms with Crippen LogP contribution in [0.3, 0.4) is 0 Å². The molecule has 2 unspecified atom stereocenters. The van der Waals surface area contributed by atoms with Crippen LogP contribution in [0, 0.1) is 12.8 Å². The van der Waals surface area contributed by atoms with Crippen molar-refractivity contribution < 1.29 is 9.84 Å². The van der Waals surface area contributed by atoms with E-state index < -0.39 is 0 Å². The SMILES string of the molecule is CCCCCCC(C)(C)c1cc2c(c(O)c1C)C1CCCCC1CO2. The summed E-state index contributed by atoms with van der Waals surface area (Å²) in [5.74, 6) is 2.57. The van der Waals surface area contributed by atoms with Crippen molar-refractivity contribution >= 4 is 0 Å². The van der Waals surface area contributed by atoms with Gasteiger partial charge in [0.05, 0.1) is 6.61 Å². The second kappa shape index (κ2) is 7.60. The quantitative estimate of drug-likeness (QED) is 0.588. The number of hydrogen-bond donors (Lipinski definition) is 1. The minimum Gasteiger partial charge on any atom is -0.507 e. The summed E-state index contributed by atoms with van der Waals surface area (Å²) in [6.45, 7) is 9.83. The van der Waals surface area contributed by atoms with Crippen LogP contribution in [-0.4, -0.2) is 11.7 Å². The van der Waals surface area contributed by atoms with Gasteiger partial charge in [-0.1, -0.05) is 59.3 Å². The van der Waals surface area contributed by atoms with Crippen molar-refractivity contribution in [2.24, 2.45) is 5.92 Å². The van der Waals surface area contributed by atoms with Crippen LogP contribution < -0.4 is 4.74 Å². The Bertz CT molecular complexity index is 603. The molecule has 2 nitrogen and oxygen atoms in total. The van der Waals surface area contributed by atoms with Crippen molar-refractivity contribution in [1.82, 2.24) is 0 Å². The Morgan fingerprint density at radius 3 is 2.68 bits per heavy atom. The molecule has 2 atom stereocenters. The molecule has 0 bridgehead atoms. The lowest BCUT2D eigenvalue weighted by molar-refractivity contribution is 0.154. The second-order valence-electron chi connectivity index (χ2n) is 8.97. The van der Waals surface area contributed by atoms with Crippen LogP contribution in [0.2, 0.25) is 0 Å². The van der Waals surface area contributed by atoms with Gasteiger partial charge in [0.2, 0.25) is 0 Å². The zero-order valence-corrected chi connectivity index (χ0v) is 16.7. The highest BCUT2D eigenvalue weighted by molar-refractivity contribution is 5.57. The highest BCUT2D eigenvalue weighted by Gasteiger charge is 2.37. The van der Waals surface area contributed by atoms with Crippen LogP contribution in [-0.2, 0) is 5.41 Å². The summed E-state index contributed by atoms with van der Waals surface area (Å²) in [5.41, 5.74) is 3.54. The van der Waals surface area contributed by atoms with Crippen LogP contribution in [0.4, 0.5) is 0 Å². The Labute approximate surface area is 154 Å². The van der Waals surface area contributed by atoms with Gasteiger partial charge >= 0.3 is 0 Å². The molecule has 0 saturated heterocycles. The maximum absolute atomic E-state index is 11.1. The lowest BCUT2D eigenvalue weighted by atomic mass is 9.71. The fourth-order valence-corrected chi connectivity index (χ4v) is 5.06. The summed E-state index contributed by atoms with van der Waals surface area (Å²) in [5, 5.41) is 11.1. The van der Waals surface area contributed by atoms with Gasteiger partial charge in [-0.05, 0) is 54.7 Å². The van der Waals surface area contributed by atoms with E-state index in [1.807, 2.05) is 0 Å². The molecule has 1 aromatic carbocycles. The lowest BCUT2D eigenvalue weighted by Gasteiger charge is -2.39. The Hall–Kier alpha value is -1.18. The molecule has 0 aromatic heterocycles. The van der Waals surface area contributed by atoms with E-state index in [0.717, 1.165) is 29.9 Å². The fourth-order valence-electron chi connectivity index (χ4n) is 5.06. The molecule has 1 fully saturated rings. The van der Waals surface area contributed by atoms with E-state index >= 15 is 0 Å². The summed E-state index contributed by atoms with van der Waals surface area (Å²) in [4.78, 5) is 0. The van der Waals surface area contributed by atoms with Crippen LogP contribution in [0.1, 0.15) is 101 Å². The first kappa shape index (κ1) is 18.6. The summed E-state index contributed by atoms with van der Waals surface area (Å²) < 4.78 is 6.15. The standard InChI is InChI=1S/C23H36O2/c1-5-6-7-10-13-23(3,4)19-14-20-21(22(24)16(19)2)18-12-9-8-11-17(18)15-25-20/h14,17-18,24H,5-13,15H2,1-4H3. The first-order valence-electron chi connectivity index (χ1n) is 10.5. The van der Waals surface area contributed by atoms with Gasteiger partial charge in [-0.15, -0.1) is 0 Å². The van der Waals surface area contributed by atoms with Gasteiger partial charge < -0.3 is 9.84 Å². The third-order valence-corrected chi connectivity index (χ3v) is 6.67. The zero-order valence-electron chi connectivity index (χ0n) is 16.7. The van der Waals surface area contributed by atoms with Crippen molar-refractivity contribution in [3.05, 3.63) is 22.8 Å². The molecule has 1 saturated carbocycles. The highest BCUT2D eigenvalue weighted by atomic mass is 16.5. The average molecular weight is 345 g/mol. The molecular formula is C23H36O2. The van der Waals surface area contributed by atoms with Crippen LogP contribution in [0.25, 0.3) is 0 Å². The monoisotopic (exact) mass is 344 g/mol. The van der Waals surface area contributed by atoms with Crippen molar-refractivity contribution in [2.75, 3.05) is 6.61 Å². The average Bonchev–Trinajstić information content (AvgIpc) is 2.61. The van der Waals surface area contributed by atoms with Gasteiger partial charge in [0.25, 0.3) is 0 Å². The molecule has 3 rings (SSSR count). The zero-order chi connectivity index (χ0) is 18.0. The molecule has 25 heavy (non-hydrogen) atoms. The molecule has 1 aliphatic carbocycles. The number of hydrogen-bond acceptors (Lipinski definition) is 2. The van der Waals surface area contributed by atoms with E-state index in [-0.39, 0.29) is 5.41 Å². The number of aromatic hydroxyl groups is 1. The third kappa shape index (κ3) is 3.68. The van der Waals surface area contributed by atoms with Gasteiger partial charge in [0.1, 0.15) is 11.5 Å². The van der Waals surface area contributed by atoms with E-state index in [0.29, 0.717) is 17.6 Å². The van der Waals surface area contributed by atoms with Gasteiger partial charge in [0, 0.05) is 11.5 Å². The number of phenolic OH excluding ortho intramolecular Hbond substituents is 1. The molecule has 1 aromatic rings. The molecule has 0 amide bonds. The predicted octanol–water partition coefficient (Wildman–Crippen LogP) is 6.61. The third-order valence-electron chi connectivity index (χ3n) is 6.67. The van der Waals surface area contributed by atoms with Crippen molar-refractivity contribution in [3.8, 4) is 11.5 Å². The molecule has 2 aliphatic rings. The van der Waals surface area contributed by atoms with Gasteiger partial charge in [0.15, 0.2) is 0 Å². The molecule has 1 N–H and O–H groups in total. The predicted molar refractivity (Wildman–Crippen MR) is 105 cm³/mol. The van der Waals surface area contributed by atoms with Crippen LogP contribution in [0.15, 0.2) is 6.07 Å². The number of unbranched alkanes of at least 4 members (excludes halogenated alkanes) is 3. The Balaban J connectivity index is 1.89. The molecule has 1 heterocycles. The Morgan fingerprint density at radius 1 is 1.16 bits per heavy atom. The topological polar surface area (TPSA) is 29.5 Å².